The van der Waals surface area contributed by atoms with Gasteiger partial charge in [-0.15, -0.1) is 0 Å². The normalized spacial score (nSPS) is 10.8. The molecule has 2 aromatic rings. The fourth-order valence-electron chi connectivity index (χ4n) is 1.83. The summed E-state index contributed by atoms with van der Waals surface area (Å²) in [6.45, 7) is 1.90. The van der Waals surface area contributed by atoms with E-state index in [9.17, 15) is 18.0 Å². The van der Waals surface area contributed by atoms with Crippen molar-refractivity contribution in [1.29, 1.82) is 0 Å². The van der Waals surface area contributed by atoms with Crippen molar-refractivity contribution < 1.29 is 18.0 Å². The van der Waals surface area contributed by atoms with Gasteiger partial charge in [-0.2, -0.15) is 13.2 Å². The van der Waals surface area contributed by atoms with E-state index in [-0.39, 0.29) is 10.8 Å². The highest BCUT2D eigenvalue weighted by Gasteiger charge is 2.30. The van der Waals surface area contributed by atoms with E-state index in [1.165, 1.54) is 12.1 Å². The molecule has 0 saturated heterocycles. The molecular weight excluding hydrogens is 339 g/mol. The van der Waals surface area contributed by atoms with Crippen molar-refractivity contribution in [3.63, 3.8) is 0 Å². The van der Waals surface area contributed by atoms with Gasteiger partial charge in [0.25, 0.3) is 5.91 Å². The number of amides is 1. The molecule has 0 radical (unpaired) electrons. The number of benzene rings is 2. The molecule has 3 N–H and O–H groups in total. The van der Waals surface area contributed by atoms with Crippen LogP contribution >= 0.6 is 12.2 Å². The molecule has 0 saturated carbocycles. The van der Waals surface area contributed by atoms with Gasteiger partial charge in [0.1, 0.15) is 0 Å². The van der Waals surface area contributed by atoms with Crippen molar-refractivity contribution in [3.8, 4) is 0 Å². The quantitative estimate of drug-likeness (QED) is 0.570. The Bertz CT molecular complexity index is 745. The summed E-state index contributed by atoms with van der Waals surface area (Å²) in [6, 6.07) is 11.5. The summed E-state index contributed by atoms with van der Waals surface area (Å²) in [7, 11) is 0. The number of hydrogen-bond acceptors (Lipinski definition) is 2. The van der Waals surface area contributed by atoms with E-state index in [2.05, 4.69) is 16.2 Å². The van der Waals surface area contributed by atoms with Crippen molar-refractivity contribution in [1.82, 2.24) is 10.9 Å². The molecular formula is C16H14F3N3OS. The largest absolute Gasteiger partial charge is 0.416 e. The molecule has 2 aromatic carbocycles. The van der Waals surface area contributed by atoms with Gasteiger partial charge in [-0.3, -0.25) is 15.6 Å². The fourth-order valence-corrected chi connectivity index (χ4v) is 2.00. The van der Waals surface area contributed by atoms with Gasteiger partial charge in [0, 0.05) is 11.3 Å². The van der Waals surface area contributed by atoms with E-state index in [4.69, 9.17) is 12.2 Å². The maximum Gasteiger partial charge on any atom is 0.416 e. The number of alkyl halides is 3. The van der Waals surface area contributed by atoms with E-state index in [1.807, 2.05) is 6.92 Å². The summed E-state index contributed by atoms with van der Waals surface area (Å²) in [5.74, 6) is -0.414. The predicted octanol–water partition coefficient (Wildman–Crippen LogP) is 3.65. The second-order valence-corrected chi connectivity index (χ2v) is 5.39. The maximum absolute atomic E-state index is 12.6. The Hall–Kier alpha value is -2.61. The lowest BCUT2D eigenvalue weighted by Gasteiger charge is -2.13. The van der Waals surface area contributed by atoms with Crippen molar-refractivity contribution in [2.75, 3.05) is 5.32 Å². The topological polar surface area (TPSA) is 53.2 Å². The Morgan fingerprint density at radius 2 is 1.71 bits per heavy atom. The molecule has 0 aliphatic heterocycles. The molecule has 0 aromatic heterocycles. The van der Waals surface area contributed by atoms with Crippen LogP contribution in [0, 0.1) is 6.92 Å². The summed E-state index contributed by atoms with van der Waals surface area (Å²) in [5.41, 5.74) is 5.62. The number of hydrogen-bond donors (Lipinski definition) is 3. The third-order valence-corrected chi connectivity index (χ3v) is 3.26. The number of carbonyl (C=O) groups is 1. The van der Waals surface area contributed by atoms with Crippen LogP contribution < -0.4 is 16.2 Å². The molecule has 24 heavy (non-hydrogen) atoms. The number of carbonyl (C=O) groups excluding carboxylic acids is 1. The first-order valence-electron chi connectivity index (χ1n) is 6.87. The van der Waals surface area contributed by atoms with Gasteiger partial charge in [-0.1, -0.05) is 23.8 Å². The number of aryl methyl sites for hydroxylation is 1. The van der Waals surface area contributed by atoms with Crippen molar-refractivity contribution in [3.05, 3.63) is 65.2 Å². The molecule has 0 spiro atoms. The Kier molecular flexibility index (Phi) is 5.40. The lowest BCUT2D eigenvalue weighted by molar-refractivity contribution is -0.137. The fraction of sp³-hybridized carbons (Fsp3) is 0.125. The van der Waals surface area contributed by atoms with Crippen molar-refractivity contribution in [2.24, 2.45) is 0 Å². The standard InChI is InChI=1S/C16H14F3N3OS/c1-10-5-7-11(8-6-10)14(23)21-22-15(24)20-13-4-2-3-12(9-13)16(17,18)19/h2-9H,1H3,(H,21,23)(H2,20,22,24). The van der Waals surface area contributed by atoms with Gasteiger partial charge in [0.15, 0.2) is 5.11 Å². The Morgan fingerprint density at radius 3 is 2.33 bits per heavy atom. The summed E-state index contributed by atoms with van der Waals surface area (Å²) in [4.78, 5) is 11.9. The van der Waals surface area contributed by atoms with Gasteiger partial charge >= 0.3 is 6.18 Å². The SMILES string of the molecule is Cc1ccc(C(=O)NNC(=S)Nc2cccc(C(F)(F)F)c2)cc1. The average Bonchev–Trinajstić information content (AvgIpc) is 2.53. The van der Waals surface area contributed by atoms with Crippen LogP contribution in [0.1, 0.15) is 21.5 Å². The van der Waals surface area contributed by atoms with Crippen LogP contribution in [0.25, 0.3) is 0 Å². The highest BCUT2D eigenvalue weighted by molar-refractivity contribution is 7.80. The minimum absolute atomic E-state index is 0.0326. The van der Waals surface area contributed by atoms with Crippen molar-refractivity contribution in [2.45, 2.75) is 13.1 Å². The first-order valence-corrected chi connectivity index (χ1v) is 7.28. The van der Waals surface area contributed by atoms with Gasteiger partial charge < -0.3 is 5.32 Å². The van der Waals surface area contributed by atoms with Gasteiger partial charge in [0.2, 0.25) is 0 Å². The molecule has 1 amide bonds. The zero-order chi connectivity index (χ0) is 17.7. The summed E-state index contributed by atoms with van der Waals surface area (Å²) < 4.78 is 37.9. The van der Waals surface area contributed by atoms with E-state index < -0.39 is 17.6 Å². The van der Waals surface area contributed by atoms with Crippen LogP contribution in [0.2, 0.25) is 0 Å². The van der Waals surface area contributed by atoms with Crippen LogP contribution in [-0.2, 0) is 6.18 Å². The summed E-state index contributed by atoms with van der Waals surface area (Å²) in [5, 5.41) is 2.54. The predicted molar refractivity (Wildman–Crippen MR) is 89.4 cm³/mol. The smallest absolute Gasteiger partial charge is 0.331 e. The molecule has 0 aliphatic carbocycles. The first-order chi connectivity index (χ1) is 11.3. The maximum atomic E-state index is 12.6. The molecule has 4 nitrogen and oxygen atoms in total. The second kappa shape index (κ2) is 7.31. The number of thiocarbonyl (C=S) groups is 1. The molecule has 8 heteroatoms. The van der Waals surface area contributed by atoms with Crippen LogP contribution in [0.5, 0.6) is 0 Å². The van der Waals surface area contributed by atoms with E-state index in [1.54, 1.807) is 24.3 Å². The van der Waals surface area contributed by atoms with Gasteiger partial charge in [-0.05, 0) is 49.5 Å². The number of nitrogens with one attached hydrogen (secondary N) is 3. The number of rotatable bonds is 2. The van der Waals surface area contributed by atoms with Crippen LogP contribution in [-0.4, -0.2) is 11.0 Å². The number of anilines is 1. The van der Waals surface area contributed by atoms with Gasteiger partial charge in [0.05, 0.1) is 5.56 Å². The number of hydrazine groups is 1. The third-order valence-electron chi connectivity index (χ3n) is 3.05. The van der Waals surface area contributed by atoms with E-state index in [0.29, 0.717) is 5.56 Å². The lowest BCUT2D eigenvalue weighted by Crippen LogP contribution is -2.43. The molecule has 0 atom stereocenters. The Morgan fingerprint density at radius 1 is 1.04 bits per heavy atom. The Labute approximate surface area is 142 Å². The monoisotopic (exact) mass is 353 g/mol. The first kappa shape index (κ1) is 17.7. The lowest BCUT2D eigenvalue weighted by atomic mass is 10.1. The Balaban J connectivity index is 1.92. The van der Waals surface area contributed by atoms with Crippen LogP contribution in [0.3, 0.4) is 0 Å². The summed E-state index contributed by atoms with van der Waals surface area (Å²) >= 11 is 4.94. The van der Waals surface area contributed by atoms with Crippen LogP contribution in [0.4, 0.5) is 18.9 Å². The second-order valence-electron chi connectivity index (χ2n) is 4.98. The molecule has 2 rings (SSSR count). The van der Waals surface area contributed by atoms with Gasteiger partial charge in [-0.25, -0.2) is 0 Å². The zero-order valence-corrected chi connectivity index (χ0v) is 13.4. The highest BCUT2D eigenvalue weighted by atomic mass is 32.1. The molecule has 126 valence electrons. The molecule has 0 heterocycles. The minimum Gasteiger partial charge on any atom is -0.331 e. The minimum atomic E-state index is -4.44. The average molecular weight is 353 g/mol. The zero-order valence-electron chi connectivity index (χ0n) is 12.6. The molecule has 0 unspecified atom stereocenters. The third kappa shape index (κ3) is 4.95. The highest BCUT2D eigenvalue weighted by Crippen LogP contribution is 2.30. The molecule has 0 fully saturated rings. The van der Waals surface area contributed by atoms with Crippen LogP contribution in [0.15, 0.2) is 48.5 Å². The van der Waals surface area contributed by atoms with E-state index in [0.717, 1.165) is 17.7 Å². The van der Waals surface area contributed by atoms with Crippen molar-refractivity contribution >= 4 is 28.9 Å². The molecule has 0 aliphatic rings. The molecule has 0 bridgehead atoms. The summed E-state index contributed by atoms with van der Waals surface area (Å²) in [6.07, 6.45) is -4.44. The number of halogens is 3. The van der Waals surface area contributed by atoms with E-state index >= 15 is 0 Å².